The summed E-state index contributed by atoms with van der Waals surface area (Å²) >= 11 is 0. The summed E-state index contributed by atoms with van der Waals surface area (Å²) in [4.78, 5) is 4.36. The molecule has 0 aliphatic rings. The molecule has 0 bridgehead atoms. The Morgan fingerprint density at radius 3 is 1.47 bits per heavy atom. The smallest absolute Gasteiger partial charge is 0.221 e. The Kier molecular flexibility index (Phi) is 7.69. The van der Waals surface area contributed by atoms with Crippen molar-refractivity contribution in [2.45, 2.75) is 111 Å². The van der Waals surface area contributed by atoms with E-state index in [0.29, 0.717) is 11.6 Å². The third-order valence-corrected chi connectivity index (χ3v) is 5.99. The van der Waals surface area contributed by atoms with Crippen LogP contribution in [0.3, 0.4) is 0 Å². The lowest BCUT2D eigenvalue weighted by Gasteiger charge is -2.25. The Morgan fingerprint density at radius 1 is 0.647 bits per heavy atom. The fourth-order valence-electron chi connectivity index (χ4n) is 3.61. The fourth-order valence-corrected chi connectivity index (χ4v) is 3.61. The Hall–Kier alpha value is -2.33. The van der Waals surface area contributed by atoms with E-state index >= 15 is 0 Å². The molecule has 188 valence electrons. The summed E-state index contributed by atoms with van der Waals surface area (Å²) < 4.78 is 5.68. The molecule has 0 spiro atoms. The van der Waals surface area contributed by atoms with Gasteiger partial charge in [-0.2, -0.15) is 0 Å². The average Bonchev–Trinajstić information content (AvgIpc) is 3.07. The van der Waals surface area contributed by atoms with Crippen molar-refractivity contribution in [3.63, 3.8) is 0 Å². The minimum atomic E-state index is -0.164. The fraction of sp³-hybridized carbons (Fsp3) is 0.567. The zero-order valence-corrected chi connectivity index (χ0v) is 23.3. The minimum absolute atomic E-state index is 0.0221. The number of aliphatic hydroxyl groups excluding tert-OH is 1. The molecular formula is C30H45NO3. The van der Waals surface area contributed by atoms with Crippen LogP contribution in [-0.4, -0.2) is 15.2 Å². The third-order valence-electron chi connectivity index (χ3n) is 5.99. The van der Waals surface area contributed by atoms with Crippen LogP contribution in [0.25, 0.3) is 11.1 Å². The summed E-state index contributed by atoms with van der Waals surface area (Å²) in [6.45, 7) is 25.9. The van der Waals surface area contributed by atoms with Crippen LogP contribution < -0.4 is 0 Å². The number of benzene rings is 2. The van der Waals surface area contributed by atoms with Crippen LogP contribution in [0.15, 0.2) is 34.7 Å². The maximum absolute atomic E-state index is 9.72. The molecule has 0 atom stereocenters. The lowest BCUT2D eigenvalue weighted by atomic mass is 9.80. The largest absolute Gasteiger partial charge is 0.508 e. The number of phenolic OH excluding ortho intramolecular Hbond substituents is 1. The highest BCUT2D eigenvalue weighted by Crippen LogP contribution is 2.35. The highest BCUT2D eigenvalue weighted by molar-refractivity contribution is 5.79. The van der Waals surface area contributed by atoms with E-state index in [1.807, 2.05) is 12.1 Å². The van der Waals surface area contributed by atoms with E-state index in [2.05, 4.69) is 106 Å². The number of fused-ring (bicyclic) bond motifs is 1. The highest BCUT2D eigenvalue weighted by Gasteiger charge is 2.25. The zero-order valence-electron chi connectivity index (χ0n) is 23.3. The molecule has 4 nitrogen and oxygen atoms in total. The molecule has 4 heteroatoms. The van der Waals surface area contributed by atoms with Gasteiger partial charge in [-0.3, -0.25) is 0 Å². The number of nitrogens with zero attached hydrogens (tertiary/aromatic N) is 1. The number of aliphatic hydroxyl groups is 1. The first kappa shape index (κ1) is 27.9. The molecule has 0 unspecified atom stereocenters. The number of aromatic nitrogens is 1. The SMILES string of the molecule is CC(C)(C)c1cc(C(C)(C)C)c2oc(CO)nc2c1.CC(C)(C)c1cc(O)cc(C(C)(C)C)c1. The maximum atomic E-state index is 9.72. The van der Waals surface area contributed by atoms with E-state index in [1.54, 1.807) is 0 Å². The molecule has 0 aliphatic heterocycles. The molecule has 1 aromatic heterocycles. The molecule has 2 N–H and O–H groups in total. The van der Waals surface area contributed by atoms with Crippen molar-refractivity contribution in [3.8, 4) is 5.75 Å². The predicted molar refractivity (Wildman–Crippen MR) is 143 cm³/mol. The summed E-state index contributed by atoms with van der Waals surface area (Å²) in [5.74, 6) is 0.749. The van der Waals surface area contributed by atoms with Gasteiger partial charge in [-0.25, -0.2) is 4.98 Å². The van der Waals surface area contributed by atoms with E-state index in [9.17, 15) is 10.2 Å². The Balaban J connectivity index is 0.000000248. The Morgan fingerprint density at radius 2 is 1.09 bits per heavy atom. The summed E-state index contributed by atoms with van der Waals surface area (Å²) in [6.07, 6.45) is 0. The van der Waals surface area contributed by atoms with E-state index in [4.69, 9.17) is 4.42 Å². The van der Waals surface area contributed by atoms with Gasteiger partial charge in [0.1, 0.15) is 17.9 Å². The number of rotatable bonds is 1. The predicted octanol–water partition coefficient (Wildman–Crippen LogP) is 7.90. The first-order valence-electron chi connectivity index (χ1n) is 12.1. The van der Waals surface area contributed by atoms with Gasteiger partial charge in [-0.1, -0.05) is 95.2 Å². The highest BCUT2D eigenvalue weighted by atomic mass is 16.4. The first-order chi connectivity index (χ1) is 15.2. The van der Waals surface area contributed by atoms with Gasteiger partial charge in [0, 0.05) is 5.56 Å². The first-order valence-corrected chi connectivity index (χ1v) is 12.1. The molecule has 0 radical (unpaired) electrons. The van der Waals surface area contributed by atoms with E-state index in [1.165, 1.54) is 16.7 Å². The molecule has 3 aromatic rings. The van der Waals surface area contributed by atoms with Crippen molar-refractivity contribution >= 4 is 11.1 Å². The van der Waals surface area contributed by atoms with Gasteiger partial charge < -0.3 is 14.6 Å². The third kappa shape index (κ3) is 6.85. The minimum Gasteiger partial charge on any atom is -0.508 e. The molecule has 0 fully saturated rings. The van der Waals surface area contributed by atoms with Crippen LogP contribution >= 0.6 is 0 Å². The molecule has 0 aliphatic carbocycles. The molecule has 34 heavy (non-hydrogen) atoms. The van der Waals surface area contributed by atoms with Crippen molar-refractivity contribution in [1.29, 1.82) is 0 Å². The van der Waals surface area contributed by atoms with Crippen LogP contribution in [0, 0.1) is 0 Å². The molecule has 0 saturated heterocycles. The topological polar surface area (TPSA) is 66.5 Å². The van der Waals surface area contributed by atoms with Crippen molar-refractivity contribution in [3.05, 3.63) is 58.5 Å². The normalized spacial score (nSPS) is 13.1. The maximum Gasteiger partial charge on any atom is 0.221 e. The van der Waals surface area contributed by atoms with Crippen LogP contribution in [0.2, 0.25) is 0 Å². The van der Waals surface area contributed by atoms with Crippen molar-refractivity contribution in [2.24, 2.45) is 0 Å². The second-order valence-corrected chi connectivity index (χ2v) is 13.4. The second-order valence-electron chi connectivity index (χ2n) is 13.4. The number of hydrogen-bond acceptors (Lipinski definition) is 4. The van der Waals surface area contributed by atoms with E-state index in [0.717, 1.165) is 16.7 Å². The lowest BCUT2D eigenvalue weighted by molar-refractivity contribution is 0.243. The molecule has 0 amide bonds. The number of aromatic hydroxyl groups is 1. The Bertz CT molecular complexity index is 1100. The van der Waals surface area contributed by atoms with Gasteiger partial charge >= 0.3 is 0 Å². The summed E-state index contributed by atoms with van der Waals surface area (Å²) in [6, 6.07) is 10.2. The van der Waals surface area contributed by atoms with Crippen LogP contribution in [0.5, 0.6) is 5.75 Å². The van der Waals surface area contributed by atoms with E-state index in [-0.39, 0.29) is 28.3 Å². The van der Waals surface area contributed by atoms with Gasteiger partial charge in [0.15, 0.2) is 5.58 Å². The van der Waals surface area contributed by atoms with Crippen LogP contribution in [0.4, 0.5) is 0 Å². The van der Waals surface area contributed by atoms with Gasteiger partial charge in [0.05, 0.1) is 0 Å². The van der Waals surface area contributed by atoms with E-state index < -0.39 is 0 Å². The lowest BCUT2D eigenvalue weighted by Crippen LogP contribution is -2.16. The average molecular weight is 468 g/mol. The van der Waals surface area contributed by atoms with Crippen molar-refractivity contribution in [1.82, 2.24) is 4.98 Å². The summed E-state index contributed by atoms with van der Waals surface area (Å²) in [7, 11) is 0. The number of hydrogen-bond donors (Lipinski definition) is 2. The van der Waals surface area contributed by atoms with Gasteiger partial charge in [-0.15, -0.1) is 0 Å². The van der Waals surface area contributed by atoms with Crippen molar-refractivity contribution < 1.29 is 14.6 Å². The van der Waals surface area contributed by atoms with Crippen LogP contribution in [-0.2, 0) is 28.3 Å². The molecule has 2 aromatic carbocycles. The molecule has 1 heterocycles. The quantitative estimate of drug-likeness (QED) is 0.382. The van der Waals surface area contributed by atoms with Gasteiger partial charge in [0.2, 0.25) is 5.89 Å². The monoisotopic (exact) mass is 467 g/mol. The van der Waals surface area contributed by atoms with Gasteiger partial charge in [-0.05, 0) is 56.5 Å². The van der Waals surface area contributed by atoms with Crippen LogP contribution in [0.1, 0.15) is 111 Å². The molecule has 0 saturated carbocycles. The number of oxazole rings is 1. The van der Waals surface area contributed by atoms with Gasteiger partial charge in [0.25, 0.3) is 0 Å². The Labute approximate surface area is 206 Å². The second kappa shape index (κ2) is 9.37. The molecular weight excluding hydrogens is 422 g/mol. The van der Waals surface area contributed by atoms with Crippen molar-refractivity contribution in [2.75, 3.05) is 0 Å². The zero-order chi connectivity index (χ0) is 26.3. The number of phenols is 1. The summed E-state index contributed by atoms with van der Waals surface area (Å²) in [5, 5.41) is 18.9. The standard InChI is InChI=1S/C16H23NO2.C14H22O/c1-15(2,3)10-7-11(16(4,5)6)14-12(8-10)17-13(9-18)19-14;1-13(2,3)10-7-11(14(4,5)6)9-12(15)8-10/h7-8,18H,9H2,1-6H3;7-9,15H,1-6H3. The molecule has 3 rings (SSSR count). The summed E-state index contributed by atoms with van der Waals surface area (Å²) in [5.41, 5.74) is 6.59.